The Bertz CT molecular complexity index is 343. The Morgan fingerprint density at radius 3 is 2.73 bits per heavy atom. The van der Waals surface area contributed by atoms with Crippen molar-refractivity contribution in [2.75, 3.05) is 0 Å². The molecule has 0 aromatic carbocycles. The number of halogens is 1. The number of hydrogen-bond donors (Lipinski definition) is 1. The Kier molecular flexibility index (Phi) is 2.10. The molecule has 0 aliphatic rings. The standard InChI is InChI=1S/C7H6ClNO2/c1-4(10)7-6(8)5(11)2-3-9-7/h2-3H,1H3,(H,9,11). The van der Waals surface area contributed by atoms with Crippen LogP contribution in [0.5, 0.6) is 0 Å². The molecular formula is C7H6ClNO2. The molecule has 1 N–H and O–H groups in total. The SMILES string of the molecule is CC(=O)c1[nH]ccc(=O)c1Cl. The van der Waals surface area contributed by atoms with Crippen LogP contribution in [0.3, 0.4) is 0 Å². The number of nitrogens with one attached hydrogen (secondary N) is 1. The molecular weight excluding hydrogens is 166 g/mol. The fourth-order valence-corrected chi connectivity index (χ4v) is 0.967. The zero-order valence-electron chi connectivity index (χ0n) is 5.85. The molecule has 0 amide bonds. The summed E-state index contributed by atoms with van der Waals surface area (Å²) in [5.41, 5.74) is -0.171. The van der Waals surface area contributed by atoms with Gasteiger partial charge in [0.05, 0.1) is 0 Å². The summed E-state index contributed by atoms with van der Waals surface area (Å²) in [7, 11) is 0. The number of aromatic nitrogens is 1. The lowest BCUT2D eigenvalue weighted by atomic mass is 10.3. The van der Waals surface area contributed by atoms with Crippen LogP contribution in [0.15, 0.2) is 17.1 Å². The number of carbonyl (C=O) groups excluding carboxylic acids is 1. The third-order valence-electron chi connectivity index (χ3n) is 1.25. The highest BCUT2D eigenvalue weighted by Gasteiger charge is 2.06. The average Bonchev–Trinajstić information content (AvgIpc) is 1.94. The lowest BCUT2D eigenvalue weighted by Crippen LogP contribution is -2.07. The highest BCUT2D eigenvalue weighted by Crippen LogP contribution is 2.06. The van der Waals surface area contributed by atoms with Crippen LogP contribution in [0.4, 0.5) is 0 Å². The number of pyridine rings is 1. The van der Waals surface area contributed by atoms with E-state index in [1.54, 1.807) is 0 Å². The van der Waals surface area contributed by atoms with Crippen molar-refractivity contribution in [1.82, 2.24) is 4.98 Å². The van der Waals surface area contributed by atoms with E-state index in [1.165, 1.54) is 19.2 Å². The van der Waals surface area contributed by atoms with Gasteiger partial charge in [0.25, 0.3) is 0 Å². The molecule has 0 saturated heterocycles. The number of aromatic amines is 1. The van der Waals surface area contributed by atoms with E-state index in [0.29, 0.717) is 0 Å². The number of carbonyl (C=O) groups is 1. The molecule has 1 aromatic heterocycles. The van der Waals surface area contributed by atoms with Crippen LogP contribution < -0.4 is 5.43 Å². The second-order valence-corrected chi connectivity index (χ2v) is 2.47. The predicted molar refractivity (Wildman–Crippen MR) is 42.1 cm³/mol. The van der Waals surface area contributed by atoms with Crippen LogP contribution in [-0.4, -0.2) is 10.8 Å². The number of H-pyrrole nitrogens is 1. The molecule has 0 bridgehead atoms. The van der Waals surface area contributed by atoms with Crippen molar-refractivity contribution in [2.24, 2.45) is 0 Å². The van der Waals surface area contributed by atoms with Gasteiger partial charge in [0.2, 0.25) is 5.43 Å². The van der Waals surface area contributed by atoms with Crippen LogP contribution in [0.1, 0.15) is 17.4 Å². The first-order chi connectivity index (χ1) is 5.13. The molecule has 0 saturated carbocycles. The fourth-order valence-electron chi connectivity index (χ4n) is 0.717. The monoisotopic (exact) mass is 171 g/mol. The van der Waals surface area contributed by atoms with Crippen LogP contribution in [0, 0.1) is 0 Å². The summed E-state index contributed by atoms with van der Waals surface area (Å²) in [5.74, 6) is -0.243. The molecule has 3 nitrogen and oxygen atoms in total. The smallest absolute Gasteiger partial charge is 0.200 e. The van der Waals surface area contributed by atoms with E-state index in [4.69, 9.17) is 11.6 Å². The van der Waals surface area contributed by atoms with Crippen molar-refractivity contribution in [1.29, 1.82) is 0 Å². The molecule has 0 aliphatic heterocycles. The second-order valence-electron chi connectivity index (χ2n) is 2.09. The molecule has 4 heteroatoms. The van der Waals surface area contributed by atoms with Crippen molar-refractivity contribution in [3.63, 3.8) is 0 Å². The number of rotatable bonds is 1. The largest absolute Gasteiger partial charge is 0.357 e. The summed E-state index contributed by atoms with van der Waals surface area (Å²) in [5, 5.41) is -0.0417. The van der Waals surface area contributed by atoms with Gasteiger partial charge in [-0.05, 0) is 0 Å². The summed E-state index contributed by atoms with van der Waals surface area (Å²) in [6, 6.07) is 1.27. The molecule has 0 spiro atoms. The second kappa shape index (κ2) is 2.88. The van der Waals surface area contributed by atoms with Gasteiger partial charge in [-0.3, -0.25) is 9.59 Å². The van der Waals surface area contributed by atoms with Gasteiger partial charge in [-0.1, -0.05) is 11.6 Å². The summed E-state index contributed by atoms with van der Waals surface area (Å²) in [6.07, 6.45) is 1.39. The predicted octanol–water partition coefficient (Wildman–Crippen LogP) is 1.23. The maximum Gasteiger partial charge on any atom is 0.200 e. The Morgan fingerprint density at radius 2 is 2.27 bits per heavy atom. The Balaban J connectivity index is 3.39. The highest BCUT2D eigenvalue weighted by atomic mass is 35.5. The first kappa shape index (κ1) is 8.01. The zero-order valence-corrected chi connectivity index (χ0v) is 6.61. The van der Waals surface area contributed by atoms with Crippen LogP contribution in [-0.2, 0) is 0 Å². The minimum atomic E-state index is -0.337. The van der Waals surface area contributed by atoms with Crippen molar-refractivity contribution in [2.45, 2.75) is 6.92 Å². The topological polar surface area (TPSA) is 49.9 Å². The van der Waals surface area contributed by atoms with Gasteiger partial charge >= 0.3 is 0 Å². The van der Waals surface area contributed by atoms with E-state index in [0.717, 1.165) is 0 Å². The molecule has 1 aromatic rings. The van der Waals surface area contributed by atoms with E-state index in [1.807, 2.05) is 0 Å². The van der Waals surface area contributed by atoms with Crippen LogP contribution in [0.25, 0.3) is 0 Å². The summed E-state index contributed by atoms with van der Waals surface area (Å²) in [6.45, 7) is 1.34. The quantitative estimate of drug-likeness (QED) is 0.647. The van der Waals surface area contributed by atoms with E-state index in [-0.39, 0.29) is 21.9 Å². The minimum Gasteiger partial charge on any atom is -0.357 e. The third-order valence-corrected chi connectivity index (χ3v) is 1.63. The van der Waals surface area contributed by atoms with Crippen molar-refractivity contribution in [3.05, 3.63) is 33.2 Å². The summed E-state index contributed by atoms with van der Waals surface area (Å²) in [4.78, 5) is 24.2. The molecule has 0 fully saturated rings. The molecule has 0 radical (unpaired) electrons. The van der Waals surface area contributed by atoms with Crippen LogP contribution >= 0.6 is 11.6 Å². The van der Waals surface area contributed by atoms with Crippen LogP contribution in [0.2, 0.25) is 5.02 Å². The lowest BCUT2D eigenvalue weighted by Gasteiger charge is -1.95. The normalized spacial score (nSPS) is 9.64. The number of Topliss-reactive ketones (excluding diaryl/α,β-unsaturated/α-hetero) is 1. The van der Waals surface area contributed by atoms with E-state index in [9.17, 15) is 9.59 Å². The number of ketones is 1. The van der Waals surface area contributed by atoms with Gasteiger partial charge in [-0.25, -0.2) is 0 Å². The lowest BCUT2D eigenvalue weighted by molar-refractivity contribution is 0.101. The van der Waals surface area contributed by atoms with E-state index < -0.39 is 0 Å². The molecule has 1 heterocycles. The Labute approximate surface area is 68.0 Å². The third kappa shape index (κ3) is 1.49. The van der Waals surface area contributed by atoms with Gasteiger partial charge < -0.3 is 4.98 Å². The molecule has 0 aliphatic carbocycles. The highest BCUT2D eigenvalue weighted by molar-refractivity contribution is 6.33. The number of hydrogen-bond acceptors (Lipinski definition) is 2. The van der Waals surface area contributed by atoms with Gasteiger partial charge in [-0.15, -0.1) is 0 Å². The van der Waals surface area contributed by atoms with Crippen molar-refractivity contribution in [3.8, 4) is 0 Å². The Morgan fingerprint density at radius 1 is 1.64 bits per heavy atom. The zero-order chi connectivity index (χ0) is 8.43. The first-order valence-electron chi connectivity index (χ1n) is 3.01. The maximum atomic E-state index is 10.8. The molecule has 0 unspecified atom stereocenters. The van der Waals surface area contributed by atoms with E-state index >= 15 is 0 Å². The Hall–Kier alpha value is -1.09. The van der Waals surface area contributed by atoms with Gasteiger partial charge in [-0.2, -0.15) is 0 Å². The van der Waals surface area contributed by atoms with Gasteiger partial charge in [0.1, 0.15) is 10.7 Å². The van der Waals surface area contributed by atoms with Crippen molar-refractivity contribution >= 4 is 17.4 Å². The van der Waals surface area contributed by atoms with Gasteiger partial charge in [0.15, 0.2) is 5.78 Å². The first-order valence-corrected chi connectivity index (χ1v) is 3.39. The molecule has 11 heavy (non-hydrogen) atoms. The molecule has 0 atom stereocenters. The van der Waals surface area contributed by atoms with Crippen molar-refractivity contribution < 1.29 is 4.79 Å². The fraction of sp³-hybridized carbons (Fsp3) is 0.143. The minimum absolute atomic E-state index is 0.0417. The molecule has 58 valence electrons. The average molecular weight is 172 g/mol. The summed E-state index contributed by atoms with van der Waals surface area (Å²) < 4.78 is 0. The van der Waals surface area contributed by atoms with Gasteiger partial charge in [0, 0.05) is 19.2 Å². The summed E-state index contributed by atoms with van der Waals surface area (Å²) >= 11 is 5.52. The molecule has 1 rings (SSSR count). The van der Waals surface area contributed by atoms with E-state index in [2.05, 4.69) is 4.98 Å². The maximum absolute atomic E-state index is 10.8.